The van der Waals surface area contributed by atoms with Crippen LogP contribution in [0, 0.1) is 19.8 Å². The molecule has 5 nitrogen and oxygen atoms in total. The molecule has 112 valence electrons. The lowest BCUT2D eigenvalue weighted by atomic mass is 10.1. The summed E-state index contributed by atoms with van der Waals surface area (Å²) in [5, 5.41) is 0. The molecule has 0 spiro atoms. The highest BCUT2D eigenvalue weighted by Crippen LogP contribution is 2.25. The fraction of sp³-hybridized carbons (Fsp3) is 0.571. The number of hydrogen-bond acceptors (Lipinski definition) is 4. The summed E-state index contributed by atoms with van der Waals surface area (Å²) in [6.45, 7) is 6.12. The van der Waals surface area contributed by atoms with Gasteiger partial charge in [0.05, 0.1) is 5.69 Å². The normalized spacial score (nSPS) is 20.4. The van der Waals surface area contributed by atoms with E-state index in [1.807, 2.05) is 13.0 Å². The number of nitrogens with one attached hydrogen (secondary N) is 1. The van der Waals surface area contributed by atoms with Crippen molar-refractivity contribution in [3.8, 4) is 0 Å². The highest BCUT2D eigenvalue weighted by molar-refractivity contribution is 7.89. The summed E-state index contributed by atoms with van der Waals surface area (Å²) in [7, 11) is -1.49. The van der Waals surface area contributed by atoms with Gasteiger partial charge in [-0.3, -0.25) is 0 Å². The average molecular weight is 297 g/mol. The molecule has 1 atom stereocenters. The monoisotopic (exact) mass is 297 g/mol. The van der Waals surface area contributed by atoms with Crippen LogP contribution in [0.5, 0.6) is 0 Å². The predicted octanol–water partition coefficient (Wildman–Crippen LogP) is 1.12. The summed E-state index contributed by atoms with van der Waals surface area (Å²) >= 11 is 0. The SMILES string of the molecule is Cc1ccc(N)c(S(=O)(=O)NCC2CCN(C)C2)c1C. The Morgan fingerprint density at radius 2 is 2.10 bits per heavy atom. The summed E-state index contributed by atoms with van der Waals surface area (Å²) in [6.07, 6.45) is 1.03. The van der Waals surface area contributed by atoms with Gasteiger partial charge in [0.15, 0.2) is 0 Å². The molecular formula is C14H23N3O2S. The van der Waals surface area contributed by atoms with Crippen molar-refractivity contribution in [2.45, 2.75) is 25.2 Å². The number of nitrogens with two attached hydrogens (primary N) is 1. The van der Waals surface area contributed by atoms with Crippen molar-refractivity contribution in [1.82, 2.24) is 9.62 Å². The molecular weight excluding hydrogens is 274 g/mol. The Morgan fingerprint density at radius 1 is 1.40 bits per heavy atom. The predicted molar refractivity (Wildman–Crippen MR) is 81.1 cm³/mol. The van der Waals surface area contributed by atoms with Gasteiger partial charge in [0.1, 0.15) is 4.90 Å². The van der Waals surface area contributed by atoms with Crippen molar-refractivity contribution in [2.75, 3.05) is 32.4 Å². The minimum atomic E-state index is -3.54. The molecule has 0 radical (unpaired) electrons. The van der Waals surface area contributed by atoms with Crippen LogP contribution in [-0.4, -0.2) is 40.0 Å². The number of anilines is 1. The van der Waals surface area contributed by atoms with Gasteiger partial charge in [-0.15, -0.1) is 0 Å². The minimum Gasteiger partial charge on any atom is -0.398 e. The molecule has 0 aliphatic carbocycles. The Balaban J connectivity index is 2.17. The first kappa shape index (κ1) is 15.3. The minimum absolute atomic E-state index is 0.226. The molecule has 1 fully saturated rings. The van der Waals surface area contributed by atoms with Gasteiger partial charge < -0.3 is 10.6 Å². The second-order valence-corrected chi connectivity index (χ2v) is 7.40. The van der Waals surface area contributed by atoms with Crippen LogP contribution in [0.15, 0.2) is 17.0 Å². The van der Waals surface area contributed by atoms with Crippen LogP contribution in [0.4, 0.5) is 5.69 Å². The first-order valence-electron chi connectivity index (χ1n) is 6.85. The highest BCUT2D eigenvalue weighted by atomic mass is 32.2. The topological polar surface area (TPSA) is 75.4 Å². The zero-order valence-electron chi connectivity index (χ0n) is 12.3. The summed E-state index contributed by atoms with van der Waals surface area (Å²) in [5.41, 5.74) is 7.82. The maximum Gasteiger partial charge on any atom is 0.242 e. The summed E-state index contributed by atoms with van der Waals surface area (Å²) in [6, 6.07) is 3.50. The number of likely N-dealkylation sites (tertiary alicyclic amines) is 1. The van der Waals surface area contributed by atoms with Crippen LogP contribution >= 0.6 is 0 Å². The second-order valence-electron chi connectivity index (χ2n) is 5.69. The van der Waals surface area contributed by atoms with Crippen LogP contribution < -0.4 is 10.5 Å². The molecule has 1 heterocycles. The van der Waals surface area contributed by atoms with Gasteiger partial charge in [0.2, 0.25) is 10.0 Å². The van der Waals surface area contributed by atoms with Gasteiger partial charge >= 0.3 is 0 Å². The van der Waals surface area contributed by atoms with Crippen LogP contribution in [0.1, 0.15) is 17.5 Å². The largest absolute Gasteiger partial charge is 0.398 e. The summed E-state index contributed by atoms with van der Waals surface area (Å²) in [4.78, 5) is 2.44. The van der Waals surface area contributed by atoms with E-state index in [1.165, 1.54) is 0 Å². The molecule has 0 saturated carbocycles. The molecule has 0 amide bonds. The Bertz CT molecular complexity index is 599. The number of nitrogens with zero attached hydrogens (tertiary/aromatic N) is 1. The standard InChI is InChI=1S/C14H23N3O2S/c1-10-4-5-13(15)14(11(10)2)20(18,19)16-8-12-6-7-17(3)9-12/h4-5,12,16H,6-9,15H2,1-3H3. The molecule has 1 aromatic rings. The number of aryl methyl sites for hydroxylation is 1. The number of benzene rings is 1. The van der Waals surface area contributed by atoms with Crippen LogP contribution in [0.3, 0.4) is 0 Å². The van der Waals surface area contributed by atoms with Gasteiger partial charge in [-0.25, -0.2) is 13.1 Å². The lowest BCUT2D eigenvalue weighted by Crippen LogP contribution is -2.31. The van der Waals surface area contributed by atoms with Crippen molar-refractivity contribution >= 4 is 15.7 Å². The molecule has 2 rings (SSSR count). The van der Waals surface area contributed by atoms with E-state index in [1.54, 1.807) is 13.0 Å². The number of sulfonamides is 1. The second kappa shape index (κ2) is 5.71. The summed E-state index contributed by atoms with van der Waals surface area (Å²) in [5.74, 6) is 0.376. The van der Waals surface area contributed by atoms with E-state index in [-0.39, 0.29) is 4.90 Å². The van der Waals surface area contributed by atoms with E-state index in [0.717, 1.165) is 30.6 Å². The molecule has 1 saturated heterocycles. The summed E-state index contributed by atoms with van der Waals surface area (Å²) < 4.78 is 27.6. The molecule has 3 N–H and O–H groups in total. The van der Waals surface area contributed by atoms with E-state index in [4.69, 9.17) is 5.73 Å². The third-order valence-corrected chi connectivity index (χ3v) is 5.65. The third kappa shape index (κ3) is 3.13. The Hall–Kier alpha value is -1.11. The molecule has 6 heteroatoms. The van der Waals surface area contributed by atoms with Crippen LogP contribution in [0.25, 0.3) is 0 Å². The van der Waals surface area contributed by atoms with E-state index >= 15 is 0 Å². The molecule has 1 aliphatic heterocycles. The van der Waals surface area contributed by atoms with Crippen molar-refractivity contribution < 1.29 is 8.42 Å². The smallest absolute Gasteiger partial charge is 0.242 e. The number of nitrogen functional groups attached to an aromatic ring is 1. The van der Waals surface area contributed by atoms with Crippen LogP contribution in [-0.2, 0) is 10.0 Å². The molecule has 0 aromatic heterocycles. The number of rotatable bonds is 4. The zero-order chi connectivity index (χ0) is 14.9. The van der Waals surface area contributed by atoms with Crippen molar-refractivity contribution in [3.05, 3.63) is 23.3 Å². The van der Waals surface area contributed by atoms with Crippen molar-refractivity contribution in [2.24, 2.45) is 5.92 Å². The van der Waals surface area contributed by atoms with Gasteiger partial charge in [-0.2, -0.15) is 0 Å². The Kier molecular flexibility index (Phi) is 4.36. The Labute approximate surface area is 121 Å². The highest BCUT2D eigenvalue weighted by Gasteiger charge is 2.25. The van der Waals surface area contributed by atoms with Gasteiger partial charge in [-0.1, -0.05) is 6.07 Å². The molecule has 1 aliphatic rings. The lowest BCUT2D eigenvalue weighted by Gasteiger charge is -2.16. The van der Waals surface area contributed by atoms with Crippen LogP contribution in [0.2, 0.25) is 0 Å². The fourth-order valence-electron chi connectivity index (χ4n) is 2.66. The Morgan fingerprint density at radius 3 is 2.70 bits per heavy atom. The molecule has 20 heavy (non-hydrogen) atoms. The number of hydrogen-bond donors (Lipinski definition) is 2. The molecule has 1 aromatic carbocycles. The van der Waals surface area contributed by atoms with Gasteiger partial charge in [-0.05, 0) is 57.0 Å². The maximum absolute atomic E-state index is 12.5. The molecule has 1 unspecified atom stereocenters. The third-order valence-electron chi connectivity index (χ3n) is 4.03. The quantitative estimate of drug-likeness (QED) is 0.817. The van der Waals surface area contributed by atoms with E-state index in [9.17, 15) is 8.42 Å². The zero-order valence-corrected chi connectivity index (χ0v) is 13.1. The van der Waals surface area contributed by atoms with E-state index in [0.29, 0.717) is 18.2 Å². The molecule has 0 bridgehead atoms. The maximum atomic E-state index is 12.5. The lowest BCUT2D eigenvalue weighted by molar-refractivity contribution is 0.394. The first-order chi connectivity index (χ1) is 9.31. The average Bonchev–Trinajstić information content (AvgIpc) is 2.78. The van der Waals surface area contributed by atoms with Crippen molar-refractivity contribution in [1.29, 1.82) is 0 Å². The van der Waals surface area contributed by atoms with Gasteiger partial charge in [0, 0.05) is 13.1 Å². The van der Waals surface area contributed by atoms with Gasteiger partial charge in [0.25, 0.3) is 0 Å². The fourth-order valence-corrected chi connectivity index (χ4v) is 4.20. The van der Waals surface area contributed by atoms with E-state index < -0.39 is 10.0 Å². The van der Waals surface area contributed by atoms with Crippen molar-refractivity contribution in [3.63, 3.8) is 0 Å². The van der Waals surface area contributed by atoms with E-state index in [2.05, 4.69) is 16.7 Å². The first-order valence-corrected chi connectivity index (χ1v) is 8.33.